The zero-order valence-electron chi connectivity index (χ0n) is 18.2. The van der Waals surface area contributed by atoms with Crippen molar-refractivity contribution in [3.05, 3.63) is 96.1 Å². The maximum absolute atomic E-state index is 4.95. The number of hydrogen-bond acceptors (Lipinski definition) is 4. The quantitative estimate of drug-likeness (QED) is 0.259. The molecule has 0 aliphatic carbocycles. The summed E-state index contributed by atoms with van der Waals surface area (Å²) in [7, 11) is 0. The minimum atomic E-state index is -0.114. The van der Waals surface area contributed by atoms with Crippen molar-refractivity contribution >= 4 is 47.6 Å². The minimum absolute atomic E-state index is 0.114. The Hall–Kier alpha value is -3.34. The number of benzene rings is 3. The van der Waals surface area contributed by atoms with E-state index in [-0.39, 0.29) is 15.0 Å². The van der Waals surface area contributed by atoms with Crippen molar-refractivity contribution in [1.82, 2.24) is 0 Å². The van der Waals surface area contributed by atoms with Crippen molar-refractivity contribution in [2.45, 2.75) is 13.8 Å². The van der Waals surface area contributed by atoms with E-state index in [4.69, 9.17) is 9.98 Å². The van der Waals surface area contributed by atoms with Crippen molar-refractivity contribution < 1.29 is 0 Å². The van der Waals surface area contributed by atoms with Gasteiger partial charge in [-0.1, -0.05) is 0 Å². The monoisotopic (exact) mass is 487 g/mol. The molecule has 160 valence electrons. The van der Waals surface area contributed by atoms with Crippen LogP contribution >= 0.6 is 0 Å². The van der Waals surface area contributed by atoms with Crippen LogP contribution in [0.1, 0.15) is 25.0 Å². The second kappa shape index (κ2) is 10.8. The average molecular weight is 486 g/mol. The Morgan fingerprint density at radius 3 is 2.16 bits per heavy atom. The number of anilines is 1. The molecule has 4 rings (SSSR count). The van der Waals surface area contributed by atoms with Crippen LogP contribution in [0.2, 0.25) is 0 Å². The molecule has 0 aromatic heterocycles. The first-order valence-electron chi connectivity index (χ1n) is 10.7. The van der Waals surface area contributed by atoms with Gasteiger partial charge in [-0.2, -0.15) is 0 Å². The van der Waals surface area contributed by atoms with E-state index >= 15 is 0 Å². The number of amidine groups is 1. The molecule has 0 bridgehead atoms. The van der Waals surface area contributed by atoms with Crippen LogP contribution in [0.4, 0.5) is 11.4 Å². The van der Waals surface area contributed by atoms with Crippen LogP contribution in [0.15, 0.2) is 105 Å². The summed E-state index contributed by atoms with van der Waals surface area (Å²) in [6, 6.07) is 28.5. The molecule has 0 radical (unpaired) electrons. The Morgan fingerprint density at radius 2 is 1.50 bits per heavy atom. The van der Waals surface area contributed by atoms with Gasteiger partial charge in [-0.3, -0.25) is 0 Å². The van der Waals surface area contributed by atoms with E-state index < -0.39 is 0 Å². The van der Waals surface area contributed by atoms with Crippen LogP contribution in [0.3, 0.4) is 0 Å². The zero-order valence-corrected chi connectivity index (χ0v) is 19.9. The van der Waals surface area contributed by atoms with Gasteiger partial charge in [0, 0.05) is 0 Å². The first-order valence-corrected chi connectivity index (χ1v) is 12.4. The van der Waals surface area contributed by atoms with Gasteiger partial charge in [0.05, 0.1) is 0 Å². The molecule has 3 aromatic carbocycles. The van der Waals surface area contributed by atoms with Crippen molar-refractivity contribution in [3.8, 4) is 0 Å². The average Bonchev–Trinajstić information content (AvgIpc) is 3.24. The molecule has 0 saturated heterocycles. The first-order chi connectivity index (χ1) is 15.8. The van der Waals surface area contributed by atoms with E-state index in [9.17, 15) is 0 Å². The molecule has 6 heteroatoms. The van der Waals surface area contributed by atoms with Gasteiger partial charge < -0.3 is 0 Å². The molecule has 0 saturated carbocycles. The van der Waals surface area contributed by atoms with Gasteiger partial charge in [-0.15, -0.1) is 0 Å². The van der Waals surface area contributed by atoms with Crippen LogP contribution < -0.4 is 4.90 Å². The van der Waals surface area contributed by atoms with E-state index in [0.29, 0.717) is 0 Å². The Labute approximate surface area is 195 Å². The first kappa shape index (κ1) is 21.9. The molecule has 1 heterocycles. The Bertz CT molecular complexity index is 1150. The standard InChI is InChI=1S/C26H25N5Se/c1-3-31(4-2)23-17-15-22(16-18-23)28-25-24(21-13-9-6-10-14-21)29-26(32-25)30-27-19-20-11-7-5-8-12-20/h5-19H,3-4H2,1-2H3/b27-19-,28-25?,30-26+. The van der Waals surface area contributed by atoms with E-state index in [1.54, 1.807) is 6.21 Å². The number of rotatable bonds is 7. The fourth-order valence-electron chi connectivity index (χ4n) is 3.33. The van der Waals surface area contributed by atoms with Crippen LogP contribution in [-0.2, 0) is 0 Å². The van der Waals surface area contributed by atoms with E-state index in [1.165, 1.54) is 5.69 Å². The zero-order chi connectivity index (χ0) is 22.2. The summed E-state index contributed by atoms with van der Waals surface area (Å²) in [5, 5.41) is 8.64. The van der Waals surface area contributed by atoms with Gasteiger partial charge in [-0.25, -0.2) is 0 Å². The van der Waals surface area contributed by atoms with E-state index in [0.717, 1.165) is 45.0 Å². The third-order valence-electron chi connectivity index (χ3n) is 5.00. The summed E-state index contributed by atoms with van der Waals surface area (Å²) in [4.78, 5) is 12.1. The predicted octanol–water partition coefficient (Wildman–Crippen LogP) is 5.16. The Kier molecular flexibility index (Phi) is 7.38. The van der Waals surface area contributed by atoms with Gasteiger partial charge in [0.15, 0.2) is 0 Å². The number of nitrogens with zero attached hydrogens (tertiary/aromatic N) is 5. The molecular weight excluding hydrogens is 461 g/mol. The molecule has 0 spiro atoms. The van der Waals surface area contributed by atoms with E-state index in [1.807, 2.05) is 48.5 Å². The second-order valence-corrected chi connectivity index (χ2v) is 9.08. The van der Waals surface area contributed by atoms with Gasteiger partial charge in [0.25, 0.3) is 0 Å². The second-order valence-electron chi connectivity index (χ2n) is 7.07. The Balaban J connectivity index is 1.61. The van der Waals surface area contributed by atoms with Crippen molar-refractivity contribution in [1.29, 1.82) is 0 Å². The van der Waals surface area contributed by atoms with Gasteiger partial charge in [-0.05, 0) is 0 Å². The predicted molar refractivity (Wildman–Crippen MR) is 137 cm³/mol. The fraction of sp³-hybridized carbons (Fsp3) is 0.154. The summed E-state index contributed by atoms with van der Waals surface area (Å²) in [5.41, 5.74) is 5.08. The molecule has 0 N–H and O–H groups in total. The van der Waals surface area contributed by atoms with Gasteiger partial charge in [0.2, 0.25) is 0 Å². The topological polar surface area (TPSA) is 52.7 Å². The molecule has 5 nitrogen and oxygen atoms in total. The molecule has 0 unspecified atom stereocenters. The summed E-state index contributed by atoms with van der Waals surface area (Å²) in [6.45, 7) is 6.31. The molecular formula is C26H25N5Se. The summed E-state index contributed by atoms with van der Waals surface area (Å²) < 4.78 is 1.69. The molecule has 1 aliphatic heterocycles. The van der Waals surface area contributed by atoms with Crippen LogP contribution in [0, 0.1) is 0 Å². The van der Waals surface area contributed by atoms with Crippen molar-refractivity contribution in [2.75, 3.05) is 18.0 Å². The van der Waals surface area contributed by atoms with Crippen molar-refractivity contribution in [2.24, 2.45) is 20.2 Å². The maximum atomic E-state index is 4.95. The van der Waals surface area contributed by atoms with Gasteiger partial charge >= 0.3 is 196 Å². The molecule has 3 aromatic rings. The third kappa shape index (κ3) is 5.47. The number of hydrogen-bond donors (Lipinski definition) is 0. The molecule has 0 amide bonds. The van der Waals surface area contributed by atoms with Crippen LogP contribution in [0.5, 0.6) is 0 Å². The number of aliphatic imine (C=N–C) groups is 2. The third-order valence-corrected chi connectivity index (χ3v) is 6.75. The molecule has 0 atom stereocenters. The molecule has 0 fully saturated rings. The summed E-state index contributed by atoms with van der Waals surface area (Å²) in [5.74, 6) is 0. The van der Waals surface area contributed by atoms with E-state index in [2.05, 4.69) is 65.3 Å². The summed E-state index contributed by atoms with van der Waals surface area (Å²) >= 11 is -0.114. The van der Waals surface area contributed by atoms with Gasteiger partial charge in [0.1, 0.15) is 0 Å². The summed E-state index contributed by atoms with van der Waals surface area (Å²) in [6.07, 6.45) is 1.75. The molecule has 32 heavy (non-hydrogen) atoms. The fourth-order valence-corrected chi connectivity index (χ4v) is 5.03. The normalized spacial score (nSPS) is 16.1. The van der Waals surface area contributed by atoms with Crippen molar-refractivity contribution in [3.63, 3.8) is 0 Å². The van der Waals surface area contributed by atoms with Crippen LogP contribution in [0.25, 0.3) is 0 Å². The Morgan fingerprint density at radius 1 is 0.844 bits per heavy atom. The van der Waals surface area contributed by atoms with Crippen LogP contribution in [-0.4, -0.2) is 49.3 Å². The molecule has 1 aliphatic rings. The SMILES string of the molecule is CCN(CC)c1ccc(N=C2[Se]/C(=N/N=C\c3ccccc3)N=C2c2ccccc2)cc1.